The fourth-order valence-corrected chi connectivity index (χ4v) is 4.40. The van der Waals surface area contributed by atoms with Gasteiger partial charge in [0.25, 0.3) is 5.09 Å². The fraction of sp³-hybridized carbons (Fsp3) is 0.565. The van der Waals surface area contributed by atoms with E-state index in [0.717, 1.165) is 17.3 Å². The SMILES string of the molecule is C[C@H](CSC(=O)OCCCCO[N+](=O)[O-])C(=O)N1CCC[C@H]1C(=O)N[C@H](Cc1ccccc1)C(=O)O. The molecule has 0 bridgehead atoms. The number of carbonyl (C=O) groups excluding carboxylic acids is 3. The first-order chi connectivity index (χ1) is 17.2. The Morgan fingerprint density at radius 3 is 2.58 bits per heavy atom. The number of rotatable bonds is 14. The first-order valence-corrected chi connectivity index (χ1v) is 12.6. The molecule has 198 valence electrons. The van der Waals surface area contributed by atoms with E-state index in [1.807, 2.05) is 6.07 Å². The molecule has 1 heterocycles. The van der Waals surface area contributed by atoms with Crippen molar-refractivity contribution in [3.63, 3.8) is 0 Å². The van der Waals surface area contributed by atoms with E-state index in [0.29, 0.717) is 32.2 Å². The maximum Gasteiger partial charge on any atom is 0.367 e. The Hall–Kier alpha value is -3.35. The number of aliphatic carboxylic acids is 1. The van der Waals surface area contributed by atoms with E-state index in [-0.39, 0.29) is 31.3 Å². The lowest BCUT2D eigenvalue weighted by atomic mass is 10.1. The van der Waals surface area contributed by atoms with Crippen LogP contribution in [0.5, 0.6) is 0 Å². The molecule has 0 aliphatic carbocycles. The molecular weight excluding hydrogens is 494 g/mol. The first kappa shape index (κ1) is 28.9. The Kier molecular flexibility index (Phi) is 12.0. The van der Waals surface area contributed by atoms with E-state index >= 15 is 0 Å². The lowest BCUT2D eigenvalue weighted by Crippen LogP contribution is -2.52. The molecule has 1 aromatic rings. The van der Waals surface area contributed by atoms with Crippen LogP contribution in [0.15, 0.2) is 30.3 Å². The molecule has 36 heavy (non-hydrogen) atoms. The Bertz CT molecular complexity index is 915. The van der Waals surface area contributed by atoms with Crippen LogP contribution in [0.3, 0.4) is 0 Å². The highest BCUT2D eigenvalue weighted by Crippen LogP contribution is 2.22. The molecule has 1 fully saturated rings. The average molecular weight is 526 g/mol. The average Bonchev–Trinajstić information content (AvgIpc) is 3.34. The van der Waals surface area contributed by atoms with Crippen molar-refractivity contribution in [1.82, 2.24) is 10.2 Å². The number of thioether (sulfide) groups is 1. The van der Waals surface area contributed by atoms with Crippen molar-refractivity contribution >= 4 is 34.8 Å². The maximum atomic E-state index is 13.0. The summed E-state index contributed by atoms with van der Waals surface area (Å²) in [6.45, 7) is 2.03. The Balaban J connectivity index is 1.80. The summed E-state index contributed by atoms with van der Waals surface area (Å²) in [5.74, 6) is -2.37. The predicted molar refractivity (Wildman–Crippen MR) is 130 cm³/mol. The van der Waals surface area contributed by atoms with E-state index < -0.39 is 40.3 Å². The zero-order valence-electron chi connectivity index (χ0n) is 20.0. The third-order valence-corrected chi connectivity index (χ3v) is 6.58. The zero-order chi connectivity index (χ0) is 26.5. The molecule has 1 aliphatic heterocycles. The van der Waals surface area contributed by atoms with Crippen molar-refractivity contribution in [2.45, 2.75) is 51.1 Å². The molecule has 3 atom stereocenters. The van der Waals surface area contributed by atoms with Crippen molar-refractivity contribution in [2.24, 2.45) is 5.92 Å². The van der Waals surface area contributed by atoms with Crippen LogP contribution in [0.4, 0.5) is 4.79 Å². The maximum absolute atomic E-state index is 13.0. The molecule has 1 aliphatic rings. The van der Waals surface area contributed by atoms with Crippen LogP contribution in [0, 0.1) is 16.0 Å². The van der Waals surface area contributed by atoms with Crippen LogP contribution in [-0.4, -0.2) is 75.8 Å². The predicted octanol–water partition coefficient (Wildman–Crippen LogP) is 2.28. The van der Waals surface area contributed by atoms with E-state index in [2.05, 4.69) is 10.2 Å². The largest absolute Gasteiger partial charge is 0.480 e. The second kappa shape index (κ2) is 14.9. The number of likely N-dealkylation sites (tertiary alicyclic amines) is 1. The molecule has 13 heteroatoms. The number of hydrogen-bond acceptors (Lipinski definition) is 9. The number of carbonyl (C=O) groups is 4. The van der Waals surface area contributed by atoms with E-state index in [9.17, 15) is 34.4 Å². The highest BCUT2D eigenvalue weighted by atomic mass is 32.2. The molecule has 2 N–H and O–H groups in total. The summed E-state index contributed by atoms with van der Waals surface area (Å²) in [6, 6.07) is 7.07. The number of benzene rings is 1. The molecule has 2 rings (SSSR count). The van der Waals surface area contributed by atoms with Gasteiger partial charge in [0.2, 0.25) is 11.8 Å². The van der Waals surface area contributed by atoms with Gasteiger partial charge < -0.3 is 24.9 Å². The normalized spacial score (nSPS) is 16.6. The van der Waals surface area contributed by atoms with Gasteiger partial charge in [0.15, 0.2) is 0 Å². The second-order valence-corrected chi connectivity index (χ2v) is 9.31. The van der Waals surface area contributed by atoms with Gasteiger partial charge in [0, 0.05) is 24.6 Å². The van der Waals surface area contributed by atoms with E-state index in [1.165, 1.54) is 4.90 Å². The third-order valence-electron chi connectivity index (χ3n) is 5.56. The van der Waals surface area contributed by atoms with Gasteiger partial charge in [0.05, 0.1) is 13.2 Å². The topological polar surface area (TPSA) is 165 Å². The molecule has 12 nitrogen and oxygen atoms in total. The fourth-order valence-electron chi connectivity index (χ4n) is 3.71. The van der Waals surface area contributed by atoms with Crippen molar-refractivity contribution in [3.8, 4) is 0 Å². The minimum absolute atomic E-state index is 0.0761. The minimum Gasteiger partial charge on any atom is -0.480 e. The van der Waals surface area contributed by atoms with Gasteiger partial charge in [0.1, 0.15) is 12.1 Å². The van der Waals surface area contributed by atoms with Gasteiger partial charge in [-0.05, 0) is 43.0 Å². The Morgan fingerprint density at radius 2 is 1.92 bits per heavy atom. The van der Waals surface area contributed by atoms with E-state index in [4.69, 9.17) is 4.74 Å². The molecule has 0 spiro atoms. The quantitative estimate of drug-likeness (QED) is 0.159. The van der Waals surface area contributed by atoms with Crippen molar-refractivity contribution in [3.05, 3.63) is 46.0 Å². The number of amides is 2. The van der Waals surface area contributed by atoms with E-state index in [1.54, 1.807) is 31.2 Å². The van der Waals surface area contributed by atoms with Gasteiger partial charge >= 0.3 is 11.3 Å². The molecule has 1 saturated heterocycles. The Morgan fingerprint density at radius 1 is 1.22 bits per heavy atom. The molecule has 0 radical (unpaired) electrons. The monoisotopic (exact) mass is 525 g/mol. The van der Waals surface area contributed by atoms with Gasteiger partial charge in [-0.1, -0.05) is 37.3 Å². The summed E-state index contributed by atoms with van der Waals surface area (Å²) in [4.78, 5) is 65.1. The minimum atomic E-state index is -1.16. The zero-order valence-corrected chi connectivity index (χ0v) is 20.8. The lowest BCUT2D eigenvalue weighted by molar-refractivity contribution is -0.757. The number of unbranched alkanes of at least 4 members (excludes halogenated alkanes) is 1. The number of carboxylic acids is 1. The number of hydrogen-bond donors (Lipinski definition) is 2. The highest BCUT2D eigenvalue weighted by Gasteiger charge is 2.37. The summed E-state index contributed by atoms with van der Waals surface area (Å²) in [6.07, 6.45) is 1.93. The van der Waals surface area contributed by atoms with Crippen molar-refractivity contribution in [1.29, 1.82) is 0 Å². The smallest absolute Gasteiger partial charge is 0.367 e. The molecular formula is C23H31N3O9S. The lowest BCUT2D eigenvalue weighted by Gasteiger charge is -2.27. The Labute approximate surface area is 212 Å². The molecule has 0 saturated carbocycles. The van der Waals surface area contributed by atoms with Crippen molar-refractivity contribution in [2.75, 3.05) is 25.5 Å². The molecule has 0 unspecified atom stereocenters. The second-order valence-electron chi connectivity index (χ2n) is 8.35. The molecule has 0 aromatic heterocycles. The summed E-state index contributed by atoms with van der Waals surface area (Å²) < 4.78 is 5.03. The van der Waals surface area contributed by atoms with Crippen LogP contribution in [0.1, 0.15) is 38.2 Å². The van der Waals surface area contributed by atoms with Crippen LogP contribution < -0.4 is 5.32 Å². The van der Waals surface area contributed by atoms with Gasteiger partial charge in [-0.25, -0.2) is 9.59 Å². The summed E-state index contributed by atoms with van der Waals surface area (Å²) in [7, 11) is 0. The van der Waals surface area contributed by atoms with Crippen LogP contribution >= 0.6 is 11.8 Å². The summed E-state index contributed by atoms with van der Waals surface area (Å²) in [5, 5.41) is 20.7. The summed E-state index contributed by atoms with van der Waals surface area (Å²) >= 11 is 0.839. The van der Waals surface area contributed by atoms with Crippen LogP contribution in [0.2, 0.25) is 0 Å². The highest BCUT2D eigenvalue weighted by molar-refractivity contribution is 8.13. The van der Waals surface area contributed by atoms with Gasteiger partial charge in [-0.3, -0.25) is 9.59 Å². The third kappa shape index (κ3) is 9.72. The standard InChI is InChI=1S/C23H31N3O9S/c1-16(15-36-23(31)34-12-5-6-13-35-26(32)33)21(28)25-11-7-10-19(25)20(27)24-18(22(29)30)14-17-8-3-2-4-9-17/h2-4,8-9,16,18-19H,5-7,10-15H2,1H3,(H,24,27)(H,29,30)/t16-,18-,19+/m1/s1. The van der Waals surface area contributed by atoms with Gasteiger partial charge in [-0.2, -0.15) is 0 Å². The first-order valence-electron chi connectivity index (χ1n) is 11.6. The number of carboxylic acid groups (broad SMARTS) is 1. The van der Waals surface area contributed by atoms with Crippen molar-refractivity contribution < 1.29 is 38.9 Å². The number of ether oxygens (including phenoxy) is 1. The van der Waals surface area contributed by atoms with Gasteiger partial charge in [-0.15, -0.1) is 10.1 Å². The summed E-state index contributed by atoms with van der Waals surface area (Å²) in [5.41, 5.74) is 0.770. The number of nitrogens with zero attached hydrogens (tertiary/aromatic N) is 2. The molecule has 2 amide bonds. The molecule has 1 aromatic carbocycles. The van der Waals surface area contributed by atoms with Crippen LogP contribution in [0.25, 0.3) is 0 Å². The van der Waals surface area contributed by atoms with Crippen LogP contribution in [-0.2, 0) is 30.4 Å². The number of nitrogens with one attached hydrogen (secondary N) is 1.